The van der Waals surface area contributed by atoms with E-state index in [4.69, 9.17) is 4.74 Å². The Morgan fingerprint density at radius 2 is 1.95 bits per heavy atom. The Bertz CT molecular complexity index is 302. The van der Waals surface area contributed by atoms with Gasteiger partial charge in [0.2, 0.25) is 0 Å². The molecule has 0 aromatic heterocycles. The summed E-state index contributed by atoms with van der Waals surface area (Å²) in [5.74, 6) is 0.586. The van der Waals surface area contributed by atoms with E-state index >= 15 is 0 Å². The quantitative estimate of drug-likeness (QED) is 0.808. The zero-order chi connectivity index (χ0) is 13.9. The number of nitrogens with zero attached hydrogens (tertiary/aromatic N) is 1. The minimum Gasteiger partial charge on any atom is -0.444 e. The van der Waals surface area contributed by atoms with Crippen molar-refractivity contribution in [1.29, 1.82) is 0 Å². The molecule has 2 saturated heterocycles. The number of rotatable bonds is 3. The van der Waals surface area contributed by atoms with Crippen LogP contribution in [0.15, 0.2) is 0 Å². The van der Waals surface area contributed by atoms with Crippen LogP contribution in [0.5, 0.6) is 0 Å². The minimum absolute atomic E-state index is 0.298. The molecule has 2 fully saturated rings. The number of alkyl carbamates (subject to hydrolysis) is 1. The van der Waals surface area contributed by atoms with Gasteiger partial charge in [0.1, 0.15) is 5.60 Å². The lowest BCUT2D eigenvalue weighted by atomic mass is 9.94. The highest BCUT2D eigenvalue weighted by Gasteiger charge is 2.33. The van der Waals surface area contributed by atoms with Crippen molar-refractivity contribution < 1.29 is 9.53 Å². The molecule has 2 aliphatic heterocycles. The van der Waals surface area contributed by atoms with Crippen LogP contribution in [0.3, 0.4) is 0 Å². The number of piperidine rings is 1. The molecule has 0 unspecified atom stereocenters. The minimum atomic E-state index is -0.412. The number of likely N-dealkylation sites (tertiary alicyclic amines) is 1. The molecule has 0 aromatic rings. The molecule has 0 bridgehead atoms. The van der Waals surface area contributed by atoms with Crippen molar-refractivity contribution in [3.05, 3.63) is 0 Å². The van der Waals surface area contributed by atoms with Gasteiger partial charge in [0, 0.05) is 31.6 Å². The van der Waals surface area contributed by atoms with E-state index in [0.717, 1.165) is 38.8 Å². The van der Waals surface area contributed by atoms with Crippen LogP contribution in [0.4, 0.5) is 4.79 Å². The Hall–Kier alpha value is -0.810. The number of carbonyl (C=O) groups is 1. The first-order chi connectivity index (χ1) is 8.94. The van der Waals surface area contributed by atoms with Gasteiger partial charge < -0.3 is 15.4 Å². The maximum absolute atomic E-state index is 11.5. The zero-order valence-corrected chi connectivity index (χ0v) is 12.4. The van der Waals surface area contributed by atoms with Crippen molar-refractivity contribution in [3.8, 4) is 0 Å². The molecule has 110 valence electrons. The fourth-order valence-corrected chi connectivity index (χ4v) is 2.75. The monoisotopic (exact) mass is 269 g/mol. The van der Waals surface area contributed by atoms with E-state index in [1.54, 1.807) is 0 Å². The second-order valence-corrected chi connectivity index (χ2v) is 6.68. The highest BCUT2D eigenvalue weighted by molar-refractivity contribution is 5.67. The van der Waals surface area contributed by atoms with Crippen LogP contribution in [-0.2, 0) is 4.74 Å². The SMILES string of the molecule is CC(C)(C)OC(=O)NCC1CN(C2CCNCC2)C1. The van der Waals surface area contributed by atoms with Crippen LogP contribution in [-0.4, -0.2) is 55.4 Å². The van der Waals surface area contributed by atoms with Crippen LogP contribution in [0.2, 0.25) is 0 Å². The molecule has 2 heterocycles. The number of amides is 1. The predicted molar refractivity (Wildman–Crippen MR) is 75.2 cm³/mol. The van der Waals surface area contributed by atoms with Crippen molar-refractivity contribution in [2.75, 3.05) is 32.7 Å². The van der Waals surface area contributed by atoms with Crippen LogP contribution in [0.1, 0.15) is 33.6 Å². The molecule has 0 atom stereocenters. The van der Waals surface area contributed by atoms with Crippen LogP contribution >= 0.6 is 0 Å². The third-order valence-electron chi connectivity index (χ3n) is 3.74. The Kier molecular flexibility index (Phi) is 4.68. The second kappa shape index (κ2) is 6.09. The third-order valence-corrected chi connectivity index (χ3v) is 3.74. The molecule has 0 radical (unpaired) electrons. The first-order valence-electron chi connectivity index (χ1n) is 7.35. The molecule has 2 N–H and O–H groups in total. The van der Waals surface area contributed by atoms with E-state index in [2.05, 4.69) is 15.5 Å². The number of carbonyl (C=O) groups excluding carboxylic acids is 1. The summed E-state index contributed by atoms with van der Waals surface area (Å²) in [7, 11) is 0. The Labute approximate surface area is 116 Å². The third kappa shape index (κ3) is 4.66. The molecule has 1 amide bonds. The summed E-state index contributed by atoms with van der Waals surface area (Å²) < 4.78 is 5.23. The maximum Gasteiger partial charge on any atom is 0.407 e. The van der Waals surface area contributed by atoms with Crippen molar-refractivity contribution >= 4 is 6.09 Å². The summed E-state index contributed by atoms with van der Waals surface area (Å²) in [5.41, 5.74) is -0.412. The number of hydrogen-bond acceptors (Lipinski definition) is 4. The molecular weight excluding hydrogens is 242 g/mol. The maximum atomic E-state index is 11.5. The van der Waals surface area contributed by atoms with E-state index in [1.165, 1.54) is 12.8 Å². The lowest BCUT2D eigenvalue weighted by Crippen LogP contribution is -2.57. The standard InChI is InChI=1S/C14H27N3O2/c1-14(2,3)19-13(18)16-8-11-9-17(10-11)12-4-6-15-7-5-12/h11-12,15H,4-10H2,1-3H3,(H,16,18). The number of ether oxygens (including phenoxy) is 1. The summed E-state index contributed by atoms with van der Waals surface area (Å²) in [6.45, 7) is 10.9. The topological polar surface area (TPSA) is 53.6 Å². The average molecular weight is 269 g/mol. The molecule has 0 spiro atoms. The molecule has 5 nitrogen and oxygen atoms in total. The van der Waals surface area contributed by atoms with Gasteiger partial charge in [-0.1, -0.05) is 0 Å². The van der Waals surface area contributed by atoms with Gasteiger partial charge in [-0.15, -0.1) is 0 Å². The number of nitrogens with one attached hydrogen (secondary N) is 2. The molecule has 5 heteroatoms. The Balaban J connectivity index is 1.58. The van der Waals surface area contributed by atoms with Crippen LogP contribution < -0.4 is 10.6 Å². The molecule has 0 saturated carbocycles. The molecule has 19 heavy (non-hydrogen) atoms. The summed E-state index contributed by atoms with van der Waals surface area (Å²) in [6.07, 6.45) is 2.21. The molecule has 0 aromatic carbocycles. The van der Waals surface area contributed by atoms with Gasteiger partial charge in [0.15, 0.2) is 0 Å². The van der Waals surface area contributed by atoms with E-state index in [0.29, 0.717) is 5.92 Å². The summed E-state index contributed by atoms with van der Waals surface area (Å²) in [4.78, 5) is 14.1. The normalized spacial score (nSPS) is 22.9. The van der Waals surface area contributed by atoms with Gasteiger partial charge in [0.25, 0.3) is 0 Å². The predicted octanol–water partition coefficient (Wildman–Crippen LogP) is 1.19. The van der Waals surface area contributed by atoms with E-state index in [1.807, 2.05) is 20.8 Å². The van der Waals surface area contributed by atoms with Gasteiger partial charge in [-0.25, -0.2) is 4.79 Å². The summed E-state index contributed by atoms with van der Waals surface area (Å²) >= 11 is 0. The fourth-order valence-electron chi connectivity index (χ4n) is 2.75. The largest absolute Gasteiger partial charge is 0.444 e. The zero-order valence-electron chi connectivity index (χ0n) is 12.4. The van der Waals surface area contributed by atoms with Crippen molar-refractivity contribution in [3.63, 3.8) is 0 Å². The summed E-state index contributed by atoms with van der Waals surface area (Å²) in [6, 6.07) is 0.749. The Morgan fingerprint density at radius 3 is 2.53 bits per heavy atom. The molecule has 2 aliphatic rings. The summed E-state index contributed by atoms with van der Waals surface area (Å²) in [5, 5.41) is 6.26. The molecule has 2 rings (SSSR count). The highest BCUT2D eigenvalue weighted by Crippen LogP contribution is 2.22. The van der Waals surface area contributed by atoms with Gasteiger partial charge in [-0.05, 0) is 46.7 Å². The Morgan fingerprint density at radius 1 is 1.32 bits per heavy atom. The first-order valence-corrected chi connectivity index (χ1v) is 7.35. The molecular formula is C14H27N3O2. The van der Waals surface area contributed by atoms with Crippen LogP contribution in [0.25, 0.3) is 0 Å². The van der Waals surface area contributed by atoms with Crippen molar-refractivity contribution in [2.24, 2.45) is 5.92 Å². The smallest absolute Gasteiger partial charge is 0.407 e. The van der Waals surface area contributed by atoms with Gasteiger partial charge in [-0.3, -0.25) is 4.90 Å². The van der Waals surface area contributed by atoms with Crippen molar-refractivity contribution in [2.45, 2.75) is 45.3 Å². The van der Waals surface area contributed by atoms with Gasteiger partial charge in [0.05, 0.1) is 0 Å². The lowest BCUT2D eigenvalue weighted by molar-refractivity contribution is 0.0293. The first kappa shape index (κ1) is 14.6. The number of hydrogen-bond donors (Lipinski definition) is 2. The highest BCUT2D eigenvalue weighted by atomic mass is 16.6. The fraction of sp³-hybridized carbons (Fsp3) is 0.929. The van der Waals surface area contributed by atoms with Crippen molar-refractivity contribution in [1.82, 2.24) is 15.5 Å². The second-order valence-electron chi connectivity index (χ2n) is 6.68. The van der Waals surface area contributed by atoms with E-state index in [9.17, 15) is 4.79 Å². The molecule has 0 aliphatic carbocycles. The lowest BCUT2D eigenvalue weighted by Gasteiger charge is -2.45. The van der Waals surface area contributed by atoms with Gasteiger partial charge >= 0.3 is 6.09 Å². The average Bonchev–Trinajstić information content (AvgIpc) is 2.26. The van der Waals surface area contributed by atoms with Gasteiger partial charge in [-0.2, -0.15) is 0 Å². The van der Waals surface area contributed by atoms with E-state index < -0.39 is 5.60 Å². The van der Waals surface area contributed by atoms with E-state index in [-0.39, 0.29) is 6.09 Å². The van der Waals surface area contributed by atoms with Crippen LogP contribution in [0, 0.1) is 5.92 Å².